The lowest BCUT2D eigenvalue weighted by atomic mass is 9.95. The summed E-state index contributed by atoms with van der Waals surface area (Å²) >= 11 is 1.95. The van der Waals surface area contributed by atoms with Crippen molar-refractivity contribution in [1.29, 1.82) is 0 Å². The average Bonchev–Trinajstić information content (AvgIpc) is 2.52. The molecule has 1 saturated carbocycles. The number of hydrogen-bond acceptors (Lipinski definition) is 4. The van der Waals surface area contributed by atoms with Gasteiger partial charge in [-0.15, -0.1) is 0 Å². The molecule has 1 atom stereocenters. The maximum Gasteiger partial charge on any atom is 0.165 e. The molecule has 1 aromatic rings. The van der Waals surface area contributed by atoms with E-state index < -0.39 is 11.9 Å². The zero-order valence-corrected chi connectivity index (χ0v) is 13.2. The van der Waals surface area contributed by atoms with Gasteiger partial charge >= 0.3 is 0 Å². The lowest BCUT2D eigenvalue weighted by molar-refractivity contribution is 0.0997. The fraction of sp³-hybridized carbons (Fsp3) is 0.625. The Hall–Kier alpha value is -0.780. The molecule has 2 rings (SSSR count). The molecule has 0 bridgehead atoms. The fourth-order valence-electron chi connectivity index (χ4n) is 2.61. The van der Waals surface area contributed by atoms with Crippen molar-refractivity contribution in [2.75, 3.05) is 19.4 Å². The van der Waals surface area contributed by atoms with Gasteiger partial charge < -0.3 is 15.2 Å². The Morgan fingerprint density at radius 1 is 1.33 bits per heavy atom. The van der Waals surface area contributed by atoms with Crippen molar-refractivity contribution in [2.24, 2.45) is 0 Å². The van der Waals surface area contributed by atoms with E-state index in [9.17, 15) is 9.50 Å². The SMILES string of the molecule is CSC1CCC(NCC(O)COc2ccccc2F)CC1. The molecule has 0 amide bonds. The Balaban J connectivity index is 1.64. The van der Waals surface area contributed by atoms with Crippen LogP contribution in [-0.2, 0) is 0 Å². The quantitative estimate of drug-likeness (QED) is 0.812. The molecule has 1 unspecified atom stereocenters. The summed E-state index contributed by atoms with van der Waals surface area (Å²) in [4.78, 5) is 0. The molecule has 21 heavy (non-hydrogen) atoms. The monoisotopic (exact) mass is 313 g/mol. The van der Waals surface area contributed by atoms with E-state index in [1.54, 1.807) is 18.2 Å². The number of aliphatic hydroxyl groups excluding tert-OH is 1. The summed E-state index contributed by atoms with van der Waals surface area (Å²) in [6, 6.07) is 6.73. The Bertz CT molecular complexity index is 424. The Morgan fingerprint density at radius 2 is 2.05 bits per heavy atom. The molecular formula is C16H24FNO2S. The molecule has 0 spiro atoms. The summed E-state index contributed by atoms with van der Waals surface area (Å²) in [6.45, 7) is 0.594. The van der Waals surface area contributed by atoms with Crippen LogP contribution in [0.25, 0.3) is 0 Å². The van der Waals surface area contributed by atoms with Gasteiger partial charge in [0.1, 0.15) is 12.7 Å². The minimum Gasteiger partial charge on any atom is -0.488 e. The predicted molar refractivity (Wildman–Crippen MR) is 85.5 cm³/mol. The third-order valence-electron chi connectivity index (χ3n) is 3.92. The molecule has 3 nitrogen and oxygen atoms in total. The predicted octanol–water partition coefficient (Wildman–Crippen LogP) is 2.83. The van der Waals surface area contributed by atoms with E-state index in [2.05, 4.69) is 11.6 Å². The highest BCUT2D eigenvalue weighted by Crippen LogP contribution is 2.26. The van der Waals surface area contributed by atoms with Crippen molar-refractivity contribution in [2.45, 2.75) is 43.1 Å². The van der Waals surface area contributed by atoms with Gasteiger partial charge in [-0.1, -0.05) is 12.1 Å². The highest BCUT2D eigenvalue weighted by atomic mass is 32.2. The first-order chi connectivity index (χ1) is 10.2. The standard InChI is InChI=1S/C16H24FNO2S/c1-21-14-8-6-12(7-9-14)18-10-13(19)11-20-16-5-3-2-4-15(16)17/h2-5,12-14,18-19H,6-11H2,1H3. The smallest absolute Gasteiger partial charge is 0.165 e. The maximum absolute atomic E-state index is 13.4. The number of hydrogen-bond donors (Lipinski definition) is 2. The molecule has 0 saturated heterocycles. The van der Waals surface area contributed by atoms with Gasteiger partial charge in [0.15, 0.2) is 11.6 Å². The van der Waals surface area contributed by atoms with Crippen molar-refractivity contribution in [3.8, 4) is 5.75 Å². The van der Waals surface area contributed by atoms with E-state index in [4.69, 9.17) is 4.74 Å². The van der Waals surface area contributed by atoms with E-state index in [-0.39, 0.29) is 12.4 Å². The second-order valence-corrected chi connectivity index (χ2v) is 6.65. The van der Waals surface area contributed by atoms with E-state index in [1.807, 2.05) is 11.8 Å². The van der Waals surface area contributed by atoms with Gasteiger partial charge in [-0.2, -0.15) is 11.8 Å². The van der Waals surface area contributed by atoms with Gasteiger partial charge in [0.2, 0.25) is 0 Å². The summed E-state index contributed by atoms with van der Waals surface area (Å²) < 4.78 is 18.7. The highest BCUT2D eigenvalue weighted by molar-refractivity contribution is 7.99. The fourth-order valence-corrected chi connectivity index (χ4v) is 3.36. The Morgan fingerprint density at radius 3 is 2.71 bits per heavy atom. The molecule has 1 aliphatic carbocycles. The van der Waals surface area contributed by atoms with Gasteiger partial charge in [-0.3, -0.25) is 0 Å². The largest absolute Gasteiger partial charge is 0.488 e. The van der Waals surface area contributed by atoms with Crippen LogP contribution in [0.15, 0.2) is 24.3 Å². The zero-order chi connectivity index (χ0) is 15.1. The van der Waals surface area contributed by atoms with Crippen LogP contribution in [0, 0.1) is 5.82 Å². The van der Waals surface area contributed by atoms with Crippen LogP contribution in [0.4, 0.5) is 4.39 Å². The molecule has 0 heterocycles. The summed E-state index contributed by atoms with van der Waals surface area (Å²) in [5.74, 6) is -0.204. The second-order valence-electron chi connectivity index (χ2n) is 5.51. The van der Waals surface area contributed by atoms with Crippen LogP contribution < -0.4 is 10.1 Å². The van der Waals surface area contributed by atoms with Gasteiger partial charge in [-0.25, -0.2) is 4.39 Å². The Labute approximate surface area is 130 Å². The van der Waals surface area contributed by atoms with Crippen molar-refractivity contribution in [1.82, 2.24) is 5.32 Å². The first-order valence-electron chi connectivity index (χ1n) is 7.50. The molecule has 2 N–H and O–H groups in total. The van der Waals surface area contributed by atoms with Crippen LogP contribution >= 0.6 is 11.8 Å². The zero-order valence-electron chi connectivity index (χ0n) is 12.4. The van der Waals surface area contributed by atoms with E-state index in [1.165, 1.54) is 18.9 Å². The lowest BCUT2D eigenvalue weighted by Gasteiger charge is -2.28. The maximum atomic E-state index is 13.4. The number of thioether (sulfide) groups is 1. The van der Waals surface area contributed by atoms with Gasteiger partial charge in [0.25, 0.3) is 0 Å². The summed E-state index contributed by atoms with van der Waals surface area (Å²) in [7, 11) is 0. The van der Waals surface area contributed by atoms with Crippen molar-refractivity contribution in [3.63, 3.8) is 0 Å². The molecule has 0 radical (unpaired) electrons. The number of nitrogens with one attached hydrogen (secondary N) is 1. The van der Waals surface area contributed by atoms with E-state index in [0.717, 1.165) is 18.1 Å². The highest BCUT2D eigenvalue weighted by Gasteiger charge is 2.20. The first-order valence-corrected chi connectivity index (χ1v) is 8.79. The van der Waals surface area contributed by atoms with Crippen LogP contribution in [-0.4, -0.2) is 41.9 Å². The summed E-state index contributed by atoms with van der Waals surface area (Å²) in [5, 5.41) is 14.1. The van der Waals surface area contributed by atoms with Gasteiger partial charge in [0, 0.05) is 17.8 Å². The van der Waals surface area contributed by atoms with Crippen LogP contribution in [0.3, 0.4) is 0 Å². The summed E-state index contributed by atoms with van der Waals surface area (Å²) in [6.07, 6.45) is 6.34. The van der Waals surface area contributed by atoms with Gasteiger partial charge in [0.05, 0.1) is 0 Å². The van der Waals surface area contributed by atoms with Crippen molar-refractivity contribution < 1.29 is 14.2 Å². The van der Waals surface area contributed by atoms with E-state index >= 15 is 0 Å². The normalized spacial score (nSPS) is 23.8. The van der Waals surface area contributed by atoms with Crippen LogP contribution in [0.1, 0.15) is 25.7 Å². The summed E-state index contributed by atoms with van der Waals surface area (Å²) in [5.41, 5.74) is 0. The van der Waals surface area contributed by atoms with Crippen LogP contribution in [0.5, 0.6) is 5.75 Å². The number of aliphatic hydroxyl groups is 1. The number of rotatable bonds is 7. The lowest BCUT2D eigenvalue weighted by Crippen LogP contribution is -2.40. The Kier molecular flexibility index (Phi) is 6.80. The molecule has 0 aliphatic heterocycles. The minimum absolute atomic E-state index is 0.105. The molecule has 1 aromatic carbocycles. The molecular weight excluding hydrogens is 289 g/mol. The molecule has 1 aliphatic rings. The topological polar surface area (TPSA) is 41.5 Å². The number of benzene rings is 1. The molecule has 0 aromatic heterocycles. The van der Waals surface area contributed by atoms with E-state index in [0.29, 0.717) is 12.6 Å². The third-order valence-corrected chi connectivity index (χ3v) is 5.06. The van der Waals surface area contributed by atoms with Crippen molar-refractivity contribution in [3.05, 3.63) is 30.1 Å². The second kappa shape index (κ2) is 8.61. The minimum atomic E-state index is -0.622. The number of para-hydroxylation sites is 1. The average molecular weight is 313 g/mol. The number of ether oxygens (including phenoxy) is 1. The van der Waals surface area contributed by atoms with Crippen molar-refractivity contribution >= 4 is 11.8 Å². The number of halogens is 1. The van der Waals surface area contributed by atoms with Gasteiger partial charge in [-0.05, 0) is 44.1 Å². The van der Waals surface area contributed by atoms with Crippen LogP contribution in [0.2, 0.25) is 0 Å². The third kappa shape index (κ3) is 5.49. The first kappa shape index (κ1) is 16.6. The molecule has 5 heteroatoms. The molecule has 1 fully saturated rings. The molecule has 118 valence electrons.